The van der Waals surface area contributed by atoms with Gasteiger partial charge in [-0.05, 0) is 32.4 Å². The van der Waals surface area contributed by atoms with Crippen LogP contribution >= 0.6 is 11.8 Å². The van der Waals surface area contributed by atoms with E-state index in [9.17, 15) is 13.2 Å². The average molecular weight is 330 g/mol. The summed E-state index contributed by atoms with van der Waals surface area (Å²) >= 11 is 1.79. The Bertz CT molecular complexity index is 504. The topological polar surface area (TPSA) is 9.23 Å². The lowest BCUT2D eigenvalue weighted by Gasteiger charge is -2.11. The molecule has 0 amide bonds. The summed E-state index contributed by atoms with van der Waals surface area (Å²) in [7, 11) is 0. The first-order valence-electron chi connectivity index (χ1n) is 7.02. The van der Waals surface area contributed by atoms with Crippen LogP contribution in [0.25, 0.3) is 0 Å². The van der Waals surface area contributed by atoms with Gasteiger partial charge < -0.3 is 0 Å². The molecule has 0 radical (unpaired) electrons. The number of hydrogen-bond acceptors (Lipinski definition) is 2. The van der Waals surface area contributed by atoms with Crippen LogP contribution in [0.1, 0.15) is 25.8 Å². The van der Waals surface area contributed by atoms with Crippen molar-refractivity contribution in [3.8, 4) is 0 Å². The lowest BCUT2D eigenvalue weighted by molar-refractivity contribution is -0.319. The normalized spacial score (nSPS) is 14.5. The number of halogens is 3. The van der Waals surface area contributed by atoms with Crippen molar-refractivity contribution in [2.24, 2.45) is 0 Å². The second kappa shape index (κ2) is 9.06. The third-order valence-corrected chi connectivity index (χ3v) is 3.94. The lowest BCUT2D eigenvalue weighted by atomic mass is 10.1. The largest absolute Gasteiger partial charge is 0.522 e. The predicted octanol–water partition coefficient (Wildman–Crippen LogP) is 5.90. The molecular weight excluding hydrogens is 309 g/mol. The van der Waals surface area contributed by atoms with E-state index in [0.29, 0.717) is 5.25 Å². The monoisotopic (exact) mass is 330 g/mol. The molecule has 1 aromatic rings. The second-order valence-electron chi connectivity index (χ2n) is 5.14. The number of ether oxygens (including phenoxy) is 1. The number of aryl methyl sites for hydroxylation is 1. The van der Waals surface area contributed by atoms with E-state index in [1.165, 1.54) is 16.5 Å². The summed E-state index contributed by atoms with van der Waals surface area (Å²) in [4.78, 5) is 1.22. The molecule has 0 heterocycles. The van der Waals surface area contributed by atoms with Gasteiger partial charge in [-0.3, -0.25) is 4.74 Å². The average Bonchev–Trinajstić information content (AvgIpc) is 2.39. The third-order valence-electron chi connectivity index (χ3n) is 2.83. The van der Waals surface area contributed by atoms with Gasteiger partial charge in [0.1, 0.15) is 0 Å². The number of rotatable bonds is 7. The van der Waals surface area contributed by atoms with Crippen LogP contribution in [0.4, 0.5) is 13.2 Å². The van der Waals surface area contributed by atoms with E-state index in [-0.39, 0.29) is 0 Å². The van der Waals surface area contributed by atoms with Crippen molar-refractivity contribution in [3.05, 3.63) is 53.6 Å². The molecule has 0 aromatic heterocycles. The zero-order valence-electron chi connectivity index (χ0n) is 13.0. The molecule has 0 aliphatic carbocycles. The quantitative estimate of drug-likeness (QED) is 0.454. The van der Waals surface area contributed by atoms with Gasteiger partial charge >= 0.3 is 6.36 Å². The summed E-state index contributed by atoms with van der Waals surface area (Å²) in [5.41, 5.74) is 2.36. The fraction of sp³-hybridized carbons (Fsp3) is 0.412. The molecule has 22 heavy (non-hydrogen) atoms. The zero-order valence-corrected chi connectivity index (χ0v) is 13.8. The van der Waals surface area contributed by atoms with Gasteiger partial charge in [-0.15, -0.1) is 24.9 Å². The van der Waals surface area contributed by atoms with E-state index in [1.54, 1.807) is 17.8 Å². The van der Waals surface area contributed by atoms with E-state index in [4.69, 9.17) is 0 Å². The highest BCUT2D eigenvalue weighted by Crippen LogP contribution is 2.27. The third kappa shape index (κ3) is 8.95. The molecule has 0 bridgehead atoms. The maximum Gasteiger partial charge on any atom is 0.522 e. The Labute approximate surface area is 134 Å². The molecule has 1 nitrogen and oxygen atoms in total. The van der Waals surface area contributed by atoms with Crippen molar-refractivity contribution < 1.29 is 17.9 Å². The number of allylic oxidation sites excluding steroid dienone is 3. The summed E-state index contributed by atoms with van der Waals surface area (Å²) in [5, 5.41) is 0.402. The molecule has 1 aromatic carbocycles. The van der Waals surface area contributed by atoms with Gasteiger partial charge in [0.2, 0.25) is 0 Å². The molecule has 1 atom stereocenters. The van der Waals surface area contributed by atoms with E-state index in [2.05, 4.69) is 42.8 Å². The van der Waals surface area contributed by atoms with Gasteiger partial charge in [0.25, 0.3) is 0 Å². The van der Waals surface area contributed by atoms with Crippen molar-refractivity contribution in [2.75, 3.05) is 6.61 Å². The van der Waals surface area contributed by atoms with Crippen LogP contribution in [0.2, 0.25) is 0 Å². The first-order valence-corrected chi connectivity index (χ1v) is 7.90. The molecule has 122 valence electrons. The number of hydrogen-bond donors (Lipinski definition) is 0. The van der Waals surface area contributed by atoms with Crippen LogP contribution in [-0.2, 0) is 4.74 Å². The second-order valence-corrected chi connectivity index (χ2v) is 6.66. The standard InChI is InChI=1S/C17H21F3OS/c1-13-7-9-16(10-8-13)22-15(3)12-14(2)6-4-5-11-21-17(18,19)20/h4-10,15H,11-12H2,1-3H3/b5-4-,14-6-. The van der Waals surface area contributed by atoms with Crippen molar-refractivity contribution in [1.29, 1.82) is 0 Å². The van der Waals surface area contributed by atoms with Crippen molar-refractivity contribution in [1.82, 2.24) is 0 Å². The summed E-state index contributed by atoms with van der Waals surface area (Å²) in [6.45, 7) is 5.71. The highest BCUT2D eigenvalue weighted by atomic mass is 32.2. The molecule has 5 heteroatoms. The van der Waals surface area contributed by atoms with Gasteiger partial charge in [-0.2, -0.15) is 0 Å². The Kier molecular flexibility index (Phi) is 7.76. The van der Waals surface area contributed by atoms with Gasteiger partial charge in [-0.1, -0.05) is 48.4 Å². The molecule has 0 aliphatic rings. The zero-order chi connectivity index (χ0) is 16.6. The van der Waals surface area contributed by atoms with E-state index >= 15 is 0 Å². The molecule has 1 unspecified atom stereocenters. The Morgan fingerprint density at radius 2 is 1.91 bits per heavy atom. The van der Waals surface area contributed by atoms with E-state index in [1.807, 2.05) is 13.0 Å². The van der Waals surface area contributed by atoms with Crippen molar-refractivity contribution in [3.63, 3.8) is 0 Å². The Morgan fingerprint density at radius 3 is 2.50 bits per heavy atom. The molecule has 0 aliphatic heterocycles. The smallest absolute Gasteiger partial charge is 0.288 e. The minimum atomic E-state index is -4.57. The van der Waals surface area contributed by atoms with Gasteiger partial charge in [-0.25, -0.2) is 0 Å². The van der Waals surface area contributed by atoms with Gasteiger partial charge in [0, 0.05) is 10.1 Å². The molecule has 0 fully saturated rings. The van der Waals surface area contributed by atoms with Crippen molar-refractivity contribution in [2.45, 2.75) is 43.7 Å². The van der Waals surface area contributed by atoms with E-state index < -0.39 is 13.0 Å². The van der Waals surface area contributed by atoms with Crippen LogP contribution in [0.5, 0.6) is 0 Å². The molecule has 0 spiro atoms. The fourth-order valence-electron chi connectivity index (χ4n) is 1.84. The highest BCUT2D eigenvalue weighted by Gasteiger charge is 2.27. The van der Waals surface area contributed by atoms with E-state index in [0.717, 1.165) is 12.0 Å². The number of benzene rings is 1. The lowest BCUT2D eigenvalue weighted by Crippen LogP contribution is -2.12. The summed E-state index contributed by atoms with van der Waals surface area (Å²) < 4.78 is 39.0. The fourth-order valence-corrected chi connectivity index (χ4v) is 2.95. The number of thioether (sulfide) groups is 1. The summed E-state index contributed by atoms with van der Waals surface area (Å²) in [6, 6.07) is 8.37. The van der Waals surface area contributed by atoms with Gasteiger partial charge in [0.05, 0.1) is 6.61 Å². The van der Waals surface area contributed by atoms with Gasteiger partial charge in [0.15, 0.2) is 0 Å². The Balaban J connectivity index is 2.36. The van der Waals surface area contributed by atoms with Crippen LogP contribution in [0.3, 0.4) is 0 Å². The SMILES string of the molecule is C/C(=C/C=C\COC(F)(F)F)CC(C)Sc1ccc(C)cc1. The maximum atomic E-state index is 11.8. The predicted molar refractivity (Wildman–Crippen MR) is 86.0 cm³/mol. The molecule has 1 rings (SSSR count). The molecule has 0 N–H and O–H groups in total. The van der Waals surface area contributed by atoms with Crippen LogP contribution in [-0.4, -0.2) is 18.2 Å². The Hall–Kier alpha value is -1.20. The summed E-state index contributed by atoms with van der Waals surface area (Å²) in [6.07, 6.45) is 1.09. The molecular formula is C17H21F3OS. The van der Waals surface area contributed by atoms with Crippen LogP contribution in [0.15, 0.2) is 53.0 Å². The first-order chi connectivity index (χ1) is 10.3. The summed E-state index contributed by atoms with van der Waals surface area (Å²) in [5.74, 6) is 0. The Morgan fingerprint density at radius 1 is 1.27 bits per heavy atom. The van der Waals surface area contributed by atoms with Crippen LogP contribution in [0, 0.1) is 6.92 Å². The van der Waals surface area contributed by atoms with Crippen LogP contribution < -0.4 is 0 Å². The number of alkyl halides is 3. The minimum absolute atomic E-state index is 0.402. The first kappa shape index (κ1) is 18.8. The molecule has 0 saturated heterocycles. The molecule has 0 saturated carbocycles. The van der Waals surface area contributed by atoms with Crippen molar-refractivity contribution >= 4 is 11.8 Å². The highest BCUT2D eigenvalue weighted by molar-refractivity contribution is 7.99. The maximum absolute atomic E-state index is 11.8. The minimum Gasteiger partial charge on any atom is -0.288 e.